The van der Waals surface area contributed by atoms with Crippen LogP contribution in [0.2, 0.25) is 0 Å². The lowest BCUT2D eigenvalue weighted by Gasteiger charge is -2.31. The molecule has 0 atom stereocenters. The largest absolute Gasteiger partial charge is 0.420 e. The predicted octanol–water partition coefficient (Wildman–Crippen LogP) is 2.56. The highest BCUT2D eigenvalue weighted by atomic mass is 32.2. The third-order valence-corrected chi connectivity index (χ3v) is 8.30. The van der Waals surface area contributed by atoms with Crippen LogP contribution >= 0.6 is 0 Å². The average Bonchev–Trinajstić information content (AvgIpc) is 3.08. The van der Waals surface area contributed by atoms with E-state index in [0.717, 1.165) is 44.9 Å². The monoisotopic (exact) mass is 435 g/mol. The Labute approximate surface area is 176 Å². The Kier molecular flexibility index (Phi) is 6.02. The van der Waals surface area contributed by atoms with Crippen molar-refractivity contribution >= 4 is 27.0 Å². The van der Waals surface area contributed by atoms with Crippen LogP contribution in [-0.2, 0) is 21.4 Å². The second-order valence-electron chi connectivity index (χ2n) is 8.34. The van der Waals surface area contributed by atoms with Gasteiger partial charge < -0.3 is 9.32 Å². The molecule has 1 aromatic heterocycles. The summed E-state index contributed by atoms with van der Waals surface area (Å²) in [5, 5.41) is 0. The normalized spacial score (nSPS) is 19.2. The number of nitrogens with zero attached hydrogens (tertiary/aromatic N) is 3. The third kappa shape index (κ3) is 4.05. The number of sulfonamides is 1. The Morgan fingerprint density at radius 1 is 1.10 bits per heavy atom. The SMILES string of the molecule is CN(C(=O)Cn1c(=O)oc2cc(S(=O)(=O)N3CCCCC3)ccc21)C1CCCCC1. The van der Waals surface area contributed by atoms with Gasteiger partial charge in [0.15, 0.2) is 5.58 Å². The number of benzene rings is 1. The van der Waals surface area contributed by atoms with Crippen molar-refractivity contribution in [3.63, 3.8) is 0 Å². The minimum atomic E-state index is -3.62. The zero-order valence-corrected chi connectivity index (χ0v) is 18.2. The minimum Gasteiger partial charge on any atom is -0.408 e. The lowest BCUT2D eigenvalue weighted by Crippen LogP contribution is -2.41. The number of hydrogen-bond donors (Lipinski definition) is 0. The predicted molar refractivity (Wildman–Crippen MR) is 113 cm³/mol. The zero-order chi connectivity index (χ0) is 21.3. The lowest BCUT2D eigenvalue weighted by molar-refractivity contribution is -0.133. The van der Waals surface area contributed by atoms with Crippen LogP contribution in [0.1, 0.15) is 51.4 Å². The number of fused-ring (bicyclic) bond motifs is 1. The van der Waals surface area contributed by atoms with Crippen molar-refractivity contribution in [2.45, 2.75) is 68.8 Å². The number of carbonyl (C=O) groups is 1. The zero-order valence-electron chi connectivity index (χ0n) is 17.4. The second kappa shape index (κ2) is 8.55. The van der Waals surface area contributed by atoms with Gasteiger partial charge in [-0.1, -0.05) is 25.7 Å². The second-order valence-corrected chi connectivity index (χ2v) is 10.3. The topological polar surface area (TPSA) is 92.8 Å². The van der Waals surface area contributed by atoms with Gasteiger partial charge in [-0.25, -0.2) is 13.2 Å². The molecule has 1 saturated heterocycles. The quantitative estimate of drug-likeness (QED) is 0.720. The Bertz CT molecular complexity index is 1080. The molecular formula is C21H29N3O5S. The molecule has 1 saturated carbocycles. The molecule has 2 heterocycles. The summed E-state index contributed by atoms with van der Waals surface area (Å²) in [5.41, 5.74) is 0.620. The van der Waals surface area contributed by atoms with E-state index in [9.17, 15) is 18.0 Å². The fourth-order valence-corrected chi connectivity index (χ4v) is 6.06. The van der Waals surface area contributed by atoms with Crippen LogP contribution in [0.4, 0.5) is 0 Å². The Hall–Kier alpha value is -2.13. The maximum absolute atomic E-state index is 12.9. The van der Waals surface area contributed by atoms with E-state index >= 15 is 0 Å². The first-order valence-corrected chi connectivity index (χ1v) is 12.2. The van der Waals surface area contributed by atoms with E-state index < -0.39 is 15.8 Å². The van der Waals surface area contributed by atoms with Crippen LogP contribution in [0.25, 0.3) is 11.1 Å². The summed E-state index contributed by atoms with van der Waals surface area (Å²) in [6.45, 7) is 0.901. The van der Waals surface area contributed by atoms with Crippen LogP contribution in [0.15, 0.2) is 32.3 Å². The van der Waals surface area contributed by atoms with E-state index in [4.69, 9.17) is 4.42 Å². The van der Waals surface area contributed by atoms with E-state index in [2.05, 4.69) is 0 Å². The van der Waals surface area contributed by atoms with Gasteiger partial charge in [0.25, 0.3) is 0 Å². The van der Waals surface area contributed by atoms with Gasteiger partial charge in [0.05, 0.1) is 10.4 Å². The number of rotatable bonds is 5. The molecule has 2 aromatic rings. The van der Waals surface area contributed by atoms with Crippen LogP contribution < -0.4 is 5.76 Å². The van der Waals surface area contributed by atoms with Crippen molar-refractivity contribution in [3.8, 4) is 0 Å². The van der Waals surface area contributed by atoms with Crippen molar-refractivity contribution in [2.24, 2.45) is 0 Å². The Morgan fingerprint density at radius 2 is 1.77 bits per heavy atom. The Balaban J connectivity index is 1.57. The van der Waals surface area contributed by atoms with E-state index in [1.807, 2.05) is 0 Å². The molecule has 0 N–H and O–H groups in total. The van der Waals surface area contributed by atoms with Gasteiger partial charge >= 0.3 is 5.76 Å². The molecule has 8 nitrogen and oxygen atoms in total. The number of oxazole rings is 1. The van der Waals surface area contributed by atoms with Crippen molar-refractivity contribution in [1.82, 2.24) is 13.8 Å². The molecule has 0 spiro atoms. The summed E-state index contributed by atoms with van der Waals surface area (Å²) in [6.07, 6.45) is 8.14. The summed E-state index contributed by atoms with van der Waals surface area (Å²) >= 11 is 0. The first-order valence-electron chi connectivity index (χ1n) is 10.8. The van der Waals surface area contributed by atoms with Crippen LogP contribution in [0, 0.1) is 0 Å². The van der Waals surface area contributed by atoms with E-state index in [0.29, 0.717) is 18.6 Å². The minimum absolute atomic E-state index is 0.114. The Morgan fingerprint density at radius 3 is 2.47 bits per heavy atom. The molecule has 4 rings (SSSR count). The molecule has 1 amide bonds. The lowest BCUT2D eigenvalue weighted by atomic mass is 9.94. The molecule has 1 aliphatic heterocycles. The van der Waals surface area contributed by atoms with Gasteiger partial charge in [-0.2, -0.15) is 4.31 Å². The fourth-order valence-electron chi connectivity index (χ4n) is 4.53. The van der Waals surface area contributed by atoms with Gasteiger partial charge in [-0.15, -0.1) is 0 Å². The van der Waals surface area contributed by atoms with Crippen molar-refractivity contribution < 1.29 is 17.6 Å². The summed E-state index contributed by atoms with van der Waals surface area (Å²) in [7, 11) is -1.83. The smallest absolute Gasteiger partial charge is 0.408 e. The molecule has 0 unspecified atom stereocenters. The van der Waals surface area contributed by atoms with Crippen molar-refractivity contribution in [1.29, 1.82) is 0 Å². The number of piperidine rings is 1. The van der Waals surface area contributed by atoms with Gasteiger partial charge in [-0.05, 0) is 37.8 Å². The highest BCUT2D eigenvalue weighted by Crippen LogP contribution is 2.25. The number of aromatic nitrogens is 1. The van der Waals surface area contributed by atoms with Crippen LogP contribution in [-0.4, -0.2) is 54.3 Å². The summed E-state index contributed by atoms with van der Waals surface area (Å²) in [5.74, 6) is -0.792. The number of amides is 1. The third-order valence-electron chi connectivity index (χ3n) is 6.40. The molecule has 2 aliphatic rings. The van der Waals surface area contributed by atoms with Crippen LogP contribution in [0.5, 0.6) is 0 Å². The van der Waals surface area contributed by atoms with Gasteiger partial charge in [0.1, 0.15) is 6.54 Å². The van der Waals surface area contributed by atoms with E-state index in [-0.39, 0.29) is 29.0 Å². The highest BCUT2D eigenvalue weighted by Gasteiger charge is 2.28. The highest BCUT2D eigenvalue weighted by molar-refractivity contribution is 7.89. The average molecular weight is 436 g/mol. The number of hydrogen-bond acceptors (Lipinski definition) is 5. The molecule has 9 heteroatoms. The first-order chi connectivity index (χ1) is 14.4. The molecule has 0 radical (unpaired) electrons. The van der Waals surface area contributed by atoms with Gasteiger partial charge in [-0.3, -0.25) is 9.36 Å². The summed E-state index contributed by atoms with van der Waals surface area (Å²) in [4.78, 5) is 27.0. The molecule has 0 bridgehead atoms. The first kappa shape index (κ1) is 21.1. The van der Waals surface area contributed by atoms with E-state index in [1.165, 1.54) is 27.4 Å². The fraction of sp³-hybridized carbons (Fsp3) is 0.619. The number of likely N-dealkylation sites (N-methyl/N-ethyl adjacent to an activating group) is 1. The summed E-state index contributed by atoms with van der Waals surface area (Å²) < 4.78 is 33.9. The van der Waals surface area contributed by atoms with Crippen molar-refractivity contribution in [3.05, 3.63) is 28.7 Å². The standard InChI is InChI=1S/C21H29N3O5S/c1-22(16-8-4-2-5-9-16)20(25)15-24-18-11-10-17(14-19(18)29-21(24)26)30(27,28)23-12-6-3-7-13-23/h10-11,14,16H,2-9,12-13,15H2,1H3. The van der Waals surface area contributed by atoms with Gasteiger partial charge in [0, 0.05) is 32.2 Å². The van der Waals surface area contributed by atoms with E-state index in [1.54, 1.807) is 18.0 Å². The maximum atomic E-state index is 12.9. The molecule has 2 fully saturated rings. The molecule has 164 valence electrons. The summed E-state index contributed by atoms with van der Waals surface area (Å²) in [6, 6.07) is 4.66. The number of carbonyl (C=O) groups excluding carboxylic acids is 1. The van der Waals surface area contributed by atoms with Crippen LogP contribution in [0.3, 0.4) is 0 Å². The molecular weight excluding hydrogens is 406 g/mol. The van der Waals surface area contributed by atoms with Gasteiger partial charge in [0.2, 0.25) is 15.9 Å². The molecule has 30 heavy (non-hydrogen) atoms. The van der Waals surface area contributed by atoms with Crippen molar-refractivity contribution in [2.75, 3.05) is 20.1 Å². The molecule has 1 aromatic carbocycles. The maximum Gasteiger partial charge on any atom is 0.420 e. The molecule has 1 aliphatic carbocycles.